The van der Waals surface area contributed by atoms with E-state index in [2.05, 4.69) is 5.32 Å². The Hall–Kier alpha value is -1.54. The SMILES string of the molecule is COCCN(CCOC)C(=O)N[C@H](Cc1ccc(Cl)cc1Cl)C(=O)O. The Labute approximate surface area is 156 Å². The molecule has 140 valence electrons. The zero-order valence-electron chi connectivity index (χ0n) is 14.1. The number of urea groups is 1. The van der Waals surface area contributed by atoms with E-state index in [1.54, 1.807) is 12.1 Å². The molecule has 0 heterocycles. The van der Waals surface area contributed by atoms with Crippen molar-refractivity contribution in [1.29, 1.82) is 0 Å². The highest BCUT2D eigenvalue weighted by atomic mass is 35.5. The molecular weight excluding hydrogens is 371 g/mol. The minimum Gasteiger partial charge on any atom is -0.480 e. The number of methoxy groups -OCH3 is 2. The predicted molar refractivity (Wildman–Crippen MR) is 95.4 cm³/mol. The number of amides is 2. The molecule has 7 nitrogen and oxygen atoms in total. The number of benzene rings is 1. The van der Waals surface area contributed by atoms with Gasteiger partial charge in [0.25, 0.3) is 0 Å². The van der Waals surface area contributed by atoms with E-state index in [0.717, 1.165) is 0 Å². The van der Waals surface area contributed by atoms with Gasteiger partial charge in [-0.15, -0.1) is 0 Å². The van der Waals surface area contributed by atoms with Crippen molar-refractivity contribution in [3.63, 3.8) is 0 Å². The lowest BCUT2D eigenvalue weighted by atomic mass is 10.1. The molecule has 0 aliphatic carbocycles. The van der Waals surface area contributed by atoms with Gasteiger partial charge in [-0.25, -0.2) is 9.59 Å². The molecule has 25 heavy (non-hydrogen) atoms. The number of hydrogen-bond acceptors (Lipinski definition) is 4. The van der Waals surface area contributed by atoms with E-state index in [-0.39, 0.29) is 6.42 Å². The molecule has 0 unspecified atom stereocenters. The number of rotatable bonds is 10. The zero-order valence-corrected chi connectivity index (χ0v) is 15.6. The Morgan fingerprint density at radius 2 is 1.80 bits per heavy atom. The van der Waals surface area contributed by atoms with Gasteiger partial charge in [0.15, 0.2) is 0 Å². The van der Waals surface area contributed by atoms with Crippen LogP contribution in [0.3, 0.4) is 0 Å². The number of carbonyl (C=O) groups is 2. The van der Waals surface area contributed by atoms with Crippen LogP contribution in [0.4, 0.5) is 4.79 Å². The lowest BCUT2D eigenvalue weighted by Crippen LogP contribution is -2.50. The van der Waals surface area contributed by atoms with Crippen LogP contribution in [0, 0.1) is 0 Å². The van der Waals surface area contributed by atoms with E-state index in [0.29, 0.717) is 41.9 Å². The van der Waals surface area contributed by atoms with Crippen molar-refractivity contribution in [2.45, 2.75) is 12.5 Å². The minimum atomic E-state index is -1.15. The number of nitrogens with one attached hydrogen (secondary N) is 1. The Morgan fingerprint density at radius 3 is 2.28 bits per heavy atom. The summed E-state index contributed by atoms with van der Waals surface area (Å²) in [6.07, 6.45) is 0.0411. The fraction of sp³-hybridized carbons (Fsp3) is 0.500. The molecular formula is C16H22Cl2N2O5. The van der Waals surface area contributed by atoms with Crippen molar-refractivity contribution < 1.29 is 24.2 Å². The fourth-order valence-electron chi connectivity index (χ4n) is 2.07. The average molecular weight is 393 g/mol. The van der Waals surface area contributed by atoms with E-state index < -0.39 is 18.0 Å². The predicted octanol–water partition coefficient (Wildman–Crippen LogP) is 2.29. The van der Waals surface area contributed by atoms with Crippen molar-refractivity contribution in [2.75, 3.05) is 40.5 Å². The maximum absolute atomic E-state index is 12.4. The van der Waals surface area contributed by atoms with Crippen LogP contribution in [-0.2, 0) is 20.7 Å². The molecule has 0 aliphatic rings. The third-order valence-electron chi connectivity index (χ3n) is 3.45. The summed E-state index contributed by atoms with van der Waals surface area (Å²) in [6.45, 7) is 1.30. The fourth-order valence-corrected chi connectivity index (χ4v) is 2.55. The van der Waals surface area contributed by atoms with Crippen molar-refractivity contribution in [3.05, 3.63) is 33.8 Å². The van der Waals surface area contributed by atoms with Gasteiger partial charge in [-0.05, 0) is 17.7 Å². The van der Waals surface area contributed by atoms with Gasteiger partial charge >= 0.3 is 12.0 Å². The smallest absolute Gasteiger partial charge is 0.326 e. The van der Waals surface area contributed by atoms with Gasteiger partial charge in [0.1, 0.15) is 6.04 Å². The standard InChI is InChI=1S/C16H22Cl2N2O5/c1-24-7-5-20(6-8-25-2)16(23)19-14(15(21)22)9-11-3-4-12(17)10-13(11)18/h3-4,10,14H,5-9H2,1-2H3,(H,19,23)(H,21,22)/t14-/m1/s1. The molecule has 0 aliphatic heterocycles. The van der Waals surface area contributed by atoms with Crippen LogP contribution in [0.2, 0.25) is 10.0 Å². The Bertz CT molecular complexity index is 578. The van der Waals surface area contributed by atoms with Crippen molar-refractivity contribution in [2.24, 2.45) is 0 Å². The highest BCUT2D eigenvalue weighted by Gasteiger charge is 2.24. The number of aliphatic carboxylic acids is 1. The van der Waals surface area contributed by atoms with Crippen LogP contribution < -0.4 is 5.32 Å². The van der Waals surface area contributed by atoms with Gasteiger partial charge in [0, 0.05) is 43.8 Å². The molecule has 9 heteroatoms. The summed E-state index contributed by atoms with van der Waals surface area (Å²) < 4.78 is 9.94. The highest BCUT2D eigenvalue weighted by Crippen LogP contribution is 2.22. The van der Waals surface area contributed by atoms with Crippen LogP contribution in [0.1, 0.15) is 5.56 Å². The Balaban J connectivity index is 2.80. The Kier molecular flexibility index (Phi) is 9.59. The first-order valence-corrected chi connectivity index (χ1v) is 8.34. The number of carbonyl (C=O) groups excluding carboxylic acids is 1. The van der Waals surface area contributed by atoms with Crippen LogP contribution in [0.25, 0.3) is 0 Å². The summed E-state index contributed by atoms with van der Waals surface area (Å²) in [6, 6.07) is 3.15. The molecule has 2 amide bonds. The van der Waals surface area contributed by atoms with Crippen molar-refractivity contribution in [3.8, 4) is 0 Å². The Morgan fingerprint density at radius 1 is 1.20 bits per heavy atom. The first-order chi connectivity index (χ1) is 11.9. The van der Waals surface area contributed by atoms with Crippen LogP contribution in [0.15, 0.2) is 18.2 Å². The van der Waals surface area contributed by atoms with E-state index in [1.165, 1.54) is 25.2 Å². The summed E-state index contributed by atoms with van der Waals surface area (Å²) in [5.41, 5.74) is 0.582. The molecule has 0 saturated carbocycles. The van der Waals surface area contributed by atoms with E-state index in [1.807, 2.05) is 0 Å². The number of nitrogens with zero attached hydrogens (tertiary/aromatic N) is 1. The van der Waals surface area contributed by atoms with E-state index in [4.69, 9.17) is 32.7 Å². The lowest BCUT2D eigenvalue weighted by molar-refractivity contribution is -0.139. The van der Waals surface area contributed by atoms with Gasteiger partial charge in [-0.1, -0.05) is 29.3 Å². The molecule has 0 bridgehead atoms. The van der Waals surface area contributed by atoms with Crippen LogP contribution in [0.5, 0.6) is 0 Å². The molecule has 1 aromatic rings. The molecule has 0 fully saturated rings. The molecule has 0 radical (unpaired) electrons. The second-order valence-corrected chi connectivity index (χ2v) is 6.10. The topological polar surface area (TPSA) is 88.1 Å². The van der Waals surface area contributed by atoms with Crippen molar-refractivity contribution >= 4 is 35.2 Å². The third kappa shape index (κ3) is 7.48. The first kappa shape index (κ1) is 21.5. The summed E-state index contributed by atoms with van der Waals surface area (Å²) in [7, 11) is 3.05. The number of ether oxygens (including phenoxy) is 2. The van der Waals surface area contributed by atoms with E-state index >= 15 is 0 Å². The van der Waals surface area contributed by atoms with E-state index in [9.17, 15) is 14.7 Å². The number of halogens is 2. The second-order valence-electron chi connectivity index (χ2n) is 5.25. The number of carboxylic acids is 1. The highest BCUT2D eigenvalue weighted by molar-refractivity contribution is 6.35. The first-order valence-electron chi connectivity index (χ1n) is 7.59. The van der Waals surface area contributed by atoms with Crippen molar-refractivity contribution in [1.82, 2.24) is 10.2 Å². The summed E-state index contributed by atoms with van der Waals surface area (Å²) in [5.74, 6) is -1.15. The molecule has 1 aromatic carbocycles. The summed E-state index contributed by atoms with van der Waals surface area (Å²) in [4.78, 5) is 25.3. The van der Waals surface area contributed by atoms with Gasteiger partial charge in [-0.2, -0.15) is 0 Å². The zero-order chi connectivity index (χ0) is 18.8. The van der Waals surface area contributed by atoms with Crippen LogP contribution in [-0.4, -0.2) is 68.6 Å². The van der Waals surface area contributed by atoms with Gasteiger partial charge in [0.05, 0.1) is 13.2 Å². The molecule has 1 rings (SSSR count). The lowest BCUT2D eigenvalue weighted by Gasteiger charge is -2.25. The van der Waals surface area contributed by atoms with Crippen LogP contribution >= 0.6 is 23.2 Å². The monoisotopic (exact) mass is 392 g/mol. The van der Waals surface area contributed by atoms with Gasteiger partial charge in [0.2, 0.25) is 0 Å². The molecule has 0 spiro atoms. The molecule has 1 atom stereocenters. The van der Waals surface area contributed by atoms with Gasteiger partial charge in [-0.3, -0.25) is 0 Å². The minimum absolute atomic E-state index is 0.0411. The number of hydrogen-bond donors (Lipinski definition) is 2. The molecule has 0 aromatic heterocycles. The third-order valence-corrected chi connectivity index (χ3v) is 4.04. The summed E-state index contributed by atoms with van der Waals surface area (Å²) in [5, 5.41) is 12.7. The second kappa shape index (κ2) is 11.1. The average Bonchev–Trinajstić information content (AvgIpc) is 2.56. The molecule has 2 N–H and O–H groups in total. The molecule has 0 saturated heterocycles. The normalized spacial score (nSPS) is 11.8. The quantitative estimate of drug-likeness (QED) is 0.637. The maximum atomic E-state index is 12.4. The number of carboxylic acid groups (broad SMARTS) is 1. The largest absolute Gasteiger partial charge is 0.480 e. The summed E-state index contributed by atoms with van der Waals surface area (Å²) >= 11 is 11.9. The maximum Gasteiger partial charge on any atom is 0.326 e. The van der Waals surface area contributed by atoms with Gasteiger partial charge < -0.3 is 24.8 Å².